The molecular formula is C28H26O2. The molecule has 0 radical (unpaired) electrons. The maximum Gasteiger partial charge on any atom is 0.171 e. The molecule has 0 aliphatic heterocycles. The average molecular weight is 395 g/mol. The molecule has 2 heteroatoms. The smallest absolute Gasteiger partial charge is 0.171 e. The molecule has 6 aliphatic carbocycles. The molecule has 0 saturated carbocycles. The van der Waals surface area contributed by atoms with Crippen molar-refractivity contribution >= 4 is 5.78 Å². The van der Waals surface area contributed by atoms with E-state index in [1.165, 1.54) is 33.4 Å². The zero-order chi connectivity index (χ0) is 20.2. The maximum atomic E-state index is 13.7. The lowest BCUT2D eigenvalue weighted by Gasteiger charge is -2.32. The second-order valence-electron chi connectivity index (χ2n) is 9.00. The number of carbonyl (C=O) groups excluding carboxylic acids is 1. The molecule has 6 aliphatic rings. The van der Waals surface area contributed by atoms with E-state index < -0.39 is 0 Å². The van der Waals surface area contributed by atoms with Gasteiger partial charge in [-0.3, -0.25) is 4.79 Å². The van der Waals surface area contributed by atoms with Crippen molar-refractivity contribution in [3.63, 3.8) is 0 Å². The fourth-order valence-electron chi connectivity index (χ4n) is 6.10. The van der Waals surface area contributed by atoms with Crippen molar-refractivity contribution < 1.29 is 9.53 Å². The molecule has 0 spiro atoms. The van der Waals surface area contributed by atoms with E-state index in [9.17, 15) is 4.79 Å². The summed E-state index contributed by atoms with van der Waals surface area (Å²) in [7, 11) is 1.72. The predicted molar refractivity (Wildman–Crippen MR) is 119 cm³/mol. The molecule has 4 bridgehead atoms. The lowest BCUT2D eigenvalue weighted by molar-refractivity contribution is 0.0959. The number of fused-ring (bicyclic) bond motifs is 3. The number of ether oxygens (including phenoxy) is 1. The van der Waals surface area contributed by atoms with Crippen LogP contribution in [0.15, 0.2) is 54.6 Å². The third-order valence-electron chi connectivity index (χ3n) is 7.56. The van der Waals surface area contributed by atoms with E-state index in [2.05, 4.69) is 36.4 Å². The highest BCUT2D eigenvalue weighted by molar-refractivity contribution is 6.07. The normalized spacial score (nSPS) is 21.4. The maximum absolute atomic E-state index is 13.7. The Morgan fingerprint density at radius 3 is 2.20 bits per heavy atom. The molecule has 2 atom stereocenters. The Labute approximate surface area is 177 Å². The molecule has 3 aromatic rings. The Morgan fingerprint density at radius 1 is 0.767 bits per heavy atom. The van der Waals surface area contributed by atoms with Crippen LogP contribution >= 0.6 is 0 Å². The van der Waals surface area contributed by atoms with Crippen LogP contribution < -0.4 is 4.74 Å². The monoisotopic (exact) mass is 394 g/mol. The third-order valence-corrected chi connectivity index (χ3v) is 7.56. The van der Waals surface area contributed by atoms with Crippen molar-refractivity contribution in [2.24, 2.45) is 0 Å². The second-order valence-corrected chi connectivity index (χ2v) is 9.00. The van der Waals surface area contributed by atoms with E-state index in [1.807, 2.05) is 18.2 Å². The molecule has 30 heavy (non-hydrogen) atoms. The van der Waals surface area contributed by atoms with E-state index >= 15 is 0 Å². The van der Waals surface area contributed by atoms with Crippen LogP contribution in [0.2, 0.25) is 0 Å². The predicted octanol–water partition coefficient (Wildman–Crippen LogP) is 5.59. The van der Waals surface area contributed by atoms with Gasteiger partial charge in [0.1, 0.15) is 5.75 Å². The van der Waals surface area contributed by atoms with Crippen LogP contribution in [-0.4, -0.2) is 12.9 Å². The summed E-state index contributed by atoms with van der Waals surface area (Å²) in [5.74, 6) is 1.38. The summed E-state index contributed by atoms with van der Waals surface area (Å²) in [5.41, 5.74) is 10.4. The topological polar surface area (TPSA) is 26.3 Å². The molecule has 150 valence electrons. The van der Waals surface area contributed by atoms with Gasteiger partial charge in [-0.25, -0.2) is 0 Å². The minimum absolute atomic E-state index is 0.0427. The molecule has 9 rings (SSSR count). The van der Waals surface area contributed by atoms with Gasteiger partial charge in [0.25, 0.3) is 0 Å². The van der Waals surface area contributed by atoms with Gasteiger partial charge in [0.15, 0.2) is 5.78 Å². The van der Waals surface area contributed by atoms with E-state index in [4.69, 9.17) is 4.74 Å². The van der Waals surface area contributed by atoms with Crippen LogP contribution in [0.25, 0.3) is 0 Å². The zero-order valence-electron chi connectivity index (χ0n) is 17.4. The van der Waals surface area contributed by atoms with Crippen LogP contribution in [0.5, 0.6) is 5.75 Å². The van der Waals surface area contributed by atoms with Gasteiger partial charge >= 0.3 is 0 Å². The summed E-state index contributed by atoms with van der Waals surface area (Å²) >= 11 is 0. The number of ketones is 1. The number of benzene rings is 3. The summed E-state index contributed by atoms with van der Waals surface area (Å²) in [6.07, 6.45) is 6.20. The molecule has 0 saturated heterocycles. The fraction of sp³-hybridized carbons (Fsp3) is 0.321. The lowest BCUT2D eigenvalue weighted by atomic mass is 9.71. The molecule has 0 aromatic heterocycles. The summed E-state index contributed by atoms with van der Waals surface area (Å²) in [4.78, 5) is 13.7. The van der Waals surface area contributed by atoms with Crippen molar-refractivity contribution in [2.75, 3.05) is 7.11 Å². The van der Waals surface area contributed by atoms with Crippen LogP contribution in [0.3, 0.4) is 0 Å². The highest BCUT2D eigenvalue weighted by Gasteiger charge is 2.46. The summed E-state index contributed by atoms with van der Waals surface area (Å²) < 4.78 is 5.68. The first-order chi connectivity index (χ1) is 14.7. The molecular weight excluding hydrogens is 368 g/mol. The Hall–Kier alpha value is -2.87. The lowest BCUT2D eigenvalue weighted by Crippen LogP contribution is -2.23. The number of hydrogen-bond acceptors (Lipinski definition) is 2. The van der Waals surface area contributed by atoms with Crippen molar-refractivity contribution in [2.45, 2.75) is 50.4 Å². The van der Waals surface area contributed by atoms with Gasteiger partial charge < -0.3 is 4.74 Å². The van der Waals surface area contributed by atoms with Gasteiger partial charge in [0, 0.05) is 17.0 Å². The quantitative estimate of drug-likeness (QED) is 0.538. The fourth-order valence-corrected chi connectivity index (χ4v) is 6.10. The van der Waals surface area contributed by atoms with Crippen molar-refractivity contribution in [3.8, 4) is 5.75 Å². The highest BCUT2D eigenvalue weighted by atomic mass is 16.5. The zero-order valence-corrected chi connectivity index (χ0v) is 17.4. The number of Topliss-reactive ketones (excluding diaryl/α,β-unsaturated/α-hetero) is 1. The Bertz CT molecular complexity index is 1160. The molecule has 0 unspecified atom stereocenters. The van der Waals surface area contributed by atoms with Gasteiger partial charge in [0.05, 0.1) is 13.0 Å². The molecule has 0 N–H and O–H groups in total. The third kappa shape index (κ3) is 2.59. The van der Waals surface area contributed by atoms with Crippen molar-refractivity contribution in [3.05, 3.63) is 99.1 Å². The number of methoxy groups -OCH3 is 1. The van der Waals surface area contributed by atoms with Crippen LogP contribution in [0.4, 0.5) is 0 Å². The van der Waals surface area contributed by atoms with E-state index in [-0.39, 0.29) is 11.8 Å². The first-order valence-corrected chi connectivity index (χ1v) is 11.2. The van der Waals surface area contributed by atoms with Gasteiger partial charge in [-0.1, -0.05) is 48.5 Å². The minimum Gasteiger partial charge on any atom is -0.496 e. The first-order valence-electron chi connectivity index (χ1n) is 11.2. The number of hydrogen-bond donors (Lipinski definition) is 0. The van der Waals surface area contributed by atoms with E-state index in [0.717, 1.165) is 55.4 Å². The molecule has 0 fully saturated rings. The number of carbonyl (C=O) groups is 1. The van der Waals surface area contributed by atoms with E-state index in [0.29, 0.717) is 5.78 Å². The highest BCUT2D eigenvalue weighted by Crippen LogP contribution is 2.54. The molecule has 2 nitrogen and oxygen atoms in total. The summed E-state index contributed by atoms with van der Waals surface area (Å²) in [6, 6.07) is 19.8. The average Bonchev–Trinajstić information content (AvgIpc) is 3.08. The summed E-state index contributed by atoms with van der Waals surface area (Å²) in [5, 5.41) is 0. The molecule has 0 amide bonds. The van der Waals surface area contributed by atoms with Crippen molar-refractivity contribution in [1.29, 1.82) is 0 Å². The molecule has 3 aromatic carbocycles. The number of rotatable bonds is 1. The minimum atomic E-state index is -0.0427. The number of aryl methyl sites for hydroxylation is 4. The van der Waals surface area contributed by atoms with Gasteiger partial charge in [-0.05, 0) is 78.0 Å². The van der Waals surface area contributed by atoms with Gasteiger partial charge in [-0.2, -0.15) is 0 Å². The van der Waals surface area contributed by atoms with Crippen LogP contribution in [0, 0.1) is 0 Å². The molecule has 0 heterocycles. The Kier molecular flexibility index (Phi) is 4.09. The van der Waals surface area contributed by atoms with E-state index in [1.54, 1.807) is 7.11 Å². The first kappa shape index (κ1) is 17.9. The van der Waals surface area contributed by atoms with Crippen LogP contribution in [-0.2, 0) is 32.1 Å². The summed E-state index contributed by atoms with van der Waals surface area (Å²) in [6.45, 7) is 0. The second kappa shape index (κ2) is 6.84. The Balaban J connectivity index is 1.51. The van der Waals surface area contributed by atoms with Crippen LogP contribution in [0.1, 0.15) is 67.6 Å². The van der Waals surface area contributed by atoms with Crippen molar-refractivity contribution in [1.82, 2.24) is 0 Å². The standard InChI is InChI=1S/C28H26O2/c1-30-24-4-2-3-23-26(24)22-16-15-21-19-11-9-17-5-7-18(8-6-17)10-12-20(14-13-19)25(21)27(22)28(23)29/h2-8,13-14,22,27H,9-12,15-16H2,1H3/t22-,27+/m0/s1. The van der Waals surface area contributed by atoms with Gasteiger partial charge in [-0.15, -0.1) is 0 Å². The van der Waals surface area contributed by atoms with Gasteiger partial charge in [0.2, 0.25) is 0 Å². The largest absolute Gasteiger partial charge is 0.496 e. The Morgan fingerprint density at radius 2 is 1.47 bits per heavy atom. The SMILES string of the molecule is COc1cccc2c1[C@@H]1CCc3c4ccc(c3[C@@H]1C2=O)CCc1ccc(cc1)CC4.